The van der Waals surface area contributed by atoms with Gasteiger partial charge in [-0.2, -0.15) is 11.8 Å². The van der Waals surface area contributed by atoms with Crippen LogP contribution in [-0.4, -0.2) is 47.0 Å². The summed E-state index contributed by atoms with van der Waals surface area (Å²) in [5, 5.41) is 5.72. The van der Waals surface area contributed by atoms with Gasteiger partial charge in [-0.15, -0.1) is 0 Å². The van der Waals surface area contributed by atoms with Gasteiger partial charge in [-0.05, 0) is 18.4 Å². The third-order valence-electron chi connectivity index (χ3n) is 4.33. The average molecular weight is 350 g/mol. The van der Waals surface area contributed by atoms with E-state index in [1.54, 1.807) is 0 Å². The van der Waals surface area contributed by atoms with Crippen molar-refractivity contribution in [1.29, 1.82) is 0 Å². The molecule has 0 bridgehead atoms. The molecule has 1 aliphatic rings. The molecule has 0 spiro atoms. The molecule has 1 aliphatic heterocycles. The first-order chi connectivity index (χ1) is 11.5. The predicted octanol–water partition coefficient (Wildman–Crippen LogP) is 2.47. The molecule has 0 unspecified atom stereocenters. The molecule has 1 aromatic carbocycles. The minimum Gasteiger partial charge on any atom is -0.334 e. The predicted molar refractivity (Wildman–Crippen MR) is 98.9 cm³/mol. The van der Waals surface area contributed by atoms with E-state index >= 15 is 0 Å². The normalized spacial score (nSPS) is 19.8. The first kappa shape index (κ1) is 18.8. The number of imide groups is 1. The number of nitrogens with zero attached hydrogens (tertiary/aromatic N) is 1. The van der Waals surface area contributed by atoms with Gasteiger partial charge in [0, 0.05) is 30.6 Å². The molecule has 1 aromatic rings. The Morgan fingerprint density at radius 3 is 2.62 bits per heavy atom. The molecule has 1 fully saturated rings. The van der Waals surface area contributed by atoms with Gasteiger partial charge >= 0.3 is 6.03 Å². The lowest BCUT2D eigenvalue weighted by atomic mass is 10.1. The van der Waals surface area contributed by atoms with E-state index in [0.717, 1.165) is 24.4 Å². The molecule has 5 nitrogen and oxygen atoms in total. The third kappa shape index (κ3) is 5.53. The van der Waals surface area contributed by atoms with Crippen LogP contribution < -0.4 is 10.6 Å². The Hall–Kier alpha value is -1.53. The number of carbonyl (C=O) groups is 2. The molecular weight excluding hydrogens is 322 g/mol. The summed E-state index contributed by atoms with van der Waals surface area (Å²) in [6.45, 7) is 8.47. The topological polar surface area (TPSA) is 61.4 Å². The number of rotatable bonds is 5. The van der Waals surface area contributed by atoms with Gasteiger partial charge in [-0.3, -0.25) is 15.0 Å². The van der Waals surface area contributed by atoms with E-state index < -0.39 is 6.03 Å². The van der Waals surface area contributed by atoms with Crippen LogP contribution in [0.2, 0.25) is 0 Å². The van der Waals surface area contributed by atoms with E-state index in [1.807, 2.05) is 49.0 Å². The second-order valence-corrected chi connectivity index (χ2v) is 7.83. The van der Waals surface area contributed by atoms with Crippen molar-refractivity contribution in [3.05, 3.63) is 35.9 Å². The van der Waals surface area contributed by atoms with Crippen molar-refractivity contribution in [2.75, 3.05) is 18.8 Å². The second-order valence-electron chi connectivity index (χ2n) is 6.48. The lowest BCUT2D eigenvalue weighted by Gasteiger charge is -2.37. The highest BCUT2D eigenvalue weighted by atomic mass is 32.2. The van der Waals surface area contributed by atoms with E-state index in [4.69, 9.17) is 0 Å². The van der Waals surface area contributed by atoms with E-state index in [-0.39, 0.29) is 11.9 Å². The van der Waals surface area contributed by atoms with E-state index in [1.165, 1.54) is 0 Å². The molecule has 0 aromatic heterocycles. The van der Waals surface area contributed by atoms with Crippen molar-refractivity contribution < 1.29 is 9.59 Å². The van der Waals surface area contributed by atoms with Crippen molar-refractivity contribution in [1.82, 2.24) is 15.5 Å². The number of hydrogen-bond donors (Lipinski definition) is 2. The van der Waals surface area contributed by atoms with Gasteiger partial charge in [0.2, 0.25) is 5.91 Å². The summed E-state index contributed by atoms with van der Waals surface area (Å²) in [6.07, 6.45) is 0. The smallest absolute Gasteiger partial charge is 0.321 e. The summed E-state index contributed by atoms with van der Waals surface area (Å²) in [4.78, 5) is 26.4. The van der Waals surface area contributed by atoms with Gasteiger partial charge < -0.3 is 5.32 Å². The zero-order chi connectivity index (χ0) is 17.5. The fourth-order valence-corrected chi connectivity index (χ4v) is 3.98. The zero-order valence-corrected chi connectivity index (χ0v) is 15.4. The lowest BCUT2D eigenvalue weighted by Crippen LogP contribution is -2.53. The molecule has 1 saturated heterocycles. The van der Waals surface area contributed by atoms with Crippen LogP contribution in [0.3, 0.4) is 0 Å². The van der Waals surface area contributed by atoms with Crippen LogP contribution in [0, 0.1) is 5.92 Å². The van der Waals surface area contributed by atoms with Gasteiger partial charge in [0.15, 0.2) is 0 Å². The van der Waals surface area contributed by atoms with E-state index in [9.17, 15) is 9.59 Å². The molecule has 2 N–H and O–H groups in total. The minimum absolute atomic E-state index is 0.241. The largest absolute Gasteiger partial charge is 0.334 e. The first-order valence-corrected chi connectivity index (χ1v) is 9.50. The number of urea groups is 1. The Morgan fingerprint density at radius 2 is 1.96 bits per heavy atom. The van der Waals surface area contributed by atoms with Crippen LogP contribution >= 0.6 is 11.8 Å². The van der Waals surface area contributed by atoms with Crippen molar-refractivity contribution in [2.24, 2.45) is 5.92 Å². The monoisotopic (exact) mass is 349 g/mol. The molecule has 0 saturated carbocycles. The lowest BCUT2D eigenvalue weighted by molar-refractivity contribution is -0.124. The van der Waals surface area contributed by atoms with Crippen LogP contribution in [0.1, 0.15) is 26.3 Å². The van der Waals surface area contributed by atoms with Crippen molar-refractivity contribution in [3.8, 4) is 0 Å². The molecule has 0 aliphatic carbocycles. The van der Waals surface area contributed by atoms with Crippen molar-refractivity contribution in [3.63, 3.8) is 0 Å². The highest BCUT2D eigenvalue weighted by Gasteiger charge is 2.29. The molecule has 6 heteroatoms. The Bertz CT molecular complexity index is 550. The van der Waals surface area contributed by atoms with Crippen LogP contribution in [0.4, 0.5) is 4.79 Å². The summed E-state index contributed by atoms with van der Waals surface area (Å²) in [5.74, 6) is 1.37. The molecule has 132 valence electrons. The van der Waals surface area contributed by atoms with Gasteiger partial charge in [0.05, 0.1) is 6.04 Å². The number of hydrogen-bond acceptors (Lipinski definition) is 4. The standard InChI is InChI=1S/C18H27N3O2S/c1-13(2)16-12-21(9-10-24-16)14(3)17(22)20-18(23)19-11-15-7-5-4-6-8-15/h4-8,13-14,16H,9-12H2,1-3H3,(H2,19,20,22,23)/t14-,16-/m1/s1. The Kier molecular flexibility index (Phi) is 7.12. The van der Waals surface area contributed by atoms with E-state index in [0.29, 0.717) is 17.7 Å². The SMILES string of the molecule is CC(C)[C@H]1CN([C@H](C)C(=O)NC(=O)NCc2ccccc2)CCS1. The zero-order valence-electron chi connectivity index (χ0n) is 14.6. The van der Waals surface area contributed by atoms with Crippen LogP contribution in [0.15, 0.2) is 30.3 Å². The quantitative estimate of drug-likeness (QED) is 0.857. The minimum atomic E-state index is -0.442. The van der Waals surface area contributed by atoms with Crippen LogP contribution in [-0.2, 0) is 11.3 Å². The Balaban J connectivity index is 1.79. The highest BCUT2D eigenvalue weighted by Crippen LogP contribution is 2.25. The number of benzene rings is 1. The summed E-state index contributed by atoms with van der Waals surface area (Å²) in [5.41, 5.74) is 1.00. The van der Waals surface area contributed by atoms with Gasteiger partial charge in [-0.25, -0.2) is 4.79 Å². The summed E-state index contributed by atoms with van der Waals surface area (Å²) < 4.78 is 0. The first-order valence-electron chi connectivity index (χ1n) is 8.45. The highest BCUT2D eigenvalue weighted by molar-refractivity contribution is 8.00. The maximum atomic E-state index is 12.3. The second kappa shape index (κ2) is 9.08. The molecule has 0 radical (unpaired) electrons. The Morgan fingerprint density at radius 1 is 1.25 bits per heavy atom. The summed E-state index contributed by atoms with van der Waals surface area (Å²) in [7, 11) is 0. The molecule has 24 heavy (non-hydrogen) atoms. The molecule has 1 heterocycles. The number of carbonyl (C=O) groups excluding carboxylic acids is 2. The fourth-order valence-electron chi connectivity index (χ4n) is 2.66. The number of amides is 3. The number of nitrogens with one attached hydrogen (secondary N) is 2. The van der Waals surface area contributed by atoms with Crippen LogP contribution in [0.5, 0.6) is 0 Å². The maximum absolute atomic E-state index is 12.3. The number of thioether (sulfide) groups is 1. The van der Waals surface area contributed by atoms with Crippen molar-refractivity contribution >= 4 is 23.7 Å². The molecule has 2 rings (SSSR count). The van der Waals surface area contributed by atoms with Crippen LogP contribution in [0.25, 0.3) is 0 Å². The van der Waals surface area contributed by atoms with Gasteiger partial charge in [0.25, 0.3) is 0 Å². The molecule has 2 atom stereocenters. The third-order valence-corrected chi connectivity index (χ3v) is 5.87. The Labute approximate surface area is 148 Å². The average Bonchev–Trinajstić information content (AvgIpc) is 2.60. The summed E-state index contributed by atoms with van der Waals surface area (Å²) >= 11 is 1.97. The van der Waals surface area contributed by atoms with Gasteiger partial charge in [-0.1, -0.05) is 44.2 Å². The fraction of sp³-hybridized carbons (Fsp3) is 0.556. The molecule has 3 amide bonds. The molecular formula is C18H27N3O2S. The van der Waals surface area contributed by atoms with Gasteiger partial charge in [0.1, 0.15) is 0 Å². The van der Waals surface area contributed by atoms with E-state index in [2.05, 4.69) is 29.4 Å². The summed E-state index contributed by atoms with van der Waals surface area (Å²) in [6, 6.07) is 8.89. The maximum Gasteiger partial charge on any atom is 0.321 e. The van der Waals surface area contributed by atoms with Crippen molar-refractivity contribution in [2.45, 2.75) is 38.6 Å².